The summed E-state index contributed by atoms with van der Waals surface area (Å²) in [4.78, 5) is 92.6. The van der Waals surface area contributed by atoms with Crippen LogP contribution in [0.25, 0.3) is 45.1 Å². The molecular formula is C88H63ClF15N30NaO8. The summed E-state index contributed by atoms with van der Waals surface area (Å²) in [6.45, 7) is -1.19. The number of hydrogen-bond donors (Lipinski definition) is 10. The van der Waals surface area contributed by atoms with Crippen LogP contribution in [0.15, 0.2) is 232 Å². The number of nitrogen functional groups attached to an aromatic ring is 4. The number of hydrogen-bond acceptors (Lipinski definition) is 31. The van der Waals surface area contributed by atoms with Gasteiger partial charge in [0.15, 0.2) is 17.3 Å². The van der Waals surface area contributed by atoms with E-state index in [1.54, 1.807) is 16.7 Å². The number of nitro benzene ring substituents is 2. The maximum absolute atomic E-state index is 14.0. The van der Waals surface area contributed by atoms with E-state index in [4.69, 9.17) is 34.5 Å². The fourth-order valence-corrected chi connectivity index (χ4v) is 12.7. The van der Waals surface area contributed by atoms with Crippen molar-refractivity contribution in [1.82, 2.24) is 78.5 Å². The molecule has 38 nitrogen and oxygen atoms in total. The quantitative estimate of drug-likeness (QED) is 0.00671. The standard InChI is InChI=1S/C19H11F3N6.C18H13F3N6.C17H11F3N6O4.C17H15F3N6.C11H7ClF2N4O2.C6H5FN2O2.Na.H/c20-11-4-5-15-17(6-11)28(10-25-15)19-23-7-16-18(26-19)27(9-24-16)8-12-13(21)2-1-3-14(12)22;19-10-4-5-15-16(6-10)27(9-25-15)18-24-8-14(22)17(26-18)23-7-11-12(20)2-1-3-13(11)21;18-9-4-5-14(25(27)28)13(6-9)23-17-22-8-15(26(29)30)16(24-17)21-7-10-11(19)2-1-3-12(10)20;18-9-4-5-13(21)15(6-9)25-17-24-8-14(22)16(26-17)23-7-10-11(19)2-1-3-12(10)20;12-11-16-5-9(18(19)20)10(17-11)15-4-6-7(13)2-1-3-8(6)14;7-4-1-2-6(9(10)11)5(8)3-4;;/h1-7,9-10H,8H2;1-6,8-9H,7,22H2,(H,23,24,26);1-6,8H,7H2,(H2,21,22,23,24);1-6,8H,7,21-22H2,(H2,23,24,25,26);1-3,5H,4H2,(H,15,16,17);1-3H,8H2;;/q;;;;;;+1;-1. The van der Waals surface area contributed by atoms with Gasteiger partial charge in [-0.1, -0.05) is 30.3 Å². The number of fused-ring (bicyclic) bond motifs is 3. The van der Waals surface area contributed by atoms with E-state index in [2.05, 4.69) is 96.7 Å². The van der Waals surface area contributed by atoms with Crippen LogP contribution in [0.1, 0.15) is 29.2 Å². The predicted molar refractivity (Wildman–Crippen MR) is 489 cm³/mol. The fraction of sp³-hybridized carbons (Fsp3) is 0.0568. The third kappa shape index (κ3) is 26.2. The van der Waals surface area contributed by atoms with Gasteiger partial charge in [-0.05, 0) is 127 Å². The second-order valence-electron chi connectivity index (χ2n) is 28.8. The maximum atomic E-state index is 14.0. The second-order valence-corrected chi connectivity index (χ2v) is 29.1. The van der Waals surface area contributed by atoms with Gasteiger partial charge in [-0.25, -0.2) is 106 Å². The summed E-state index contributed by atoms with van der Waals surface area (Å²) in [5, 5.41) is 58.7. The molecule has 0 amide bonds. The largest absolute Gasteiger partial charge is 1.00 e. The molecule has 0 aliphatic carbocycles. The summed E-state index contributed by atoms with van der Waals surface area (Å²) < 4.78 is 208. The second kappa shape index (κ2) is 46.8. The normalized spacial score (nSPS) is 10.7. The van der Waals surface area contributed by atoms with Crippen LogP contribution in [0.4, 0.5) is 158 Å². The zero-order valence-corrected chi connectivity index (χ0v) is 75.3. The van der Waals surface area contributed by atoms with E-state index >= 15 is 0 Å². The molecule has 8 aromatic heterocycles. The molecule has 0 atom stereocenters. The molecule has 726 valence electrons. The molecule has 0 saturated carbocycles. The summed E-state index contributed by atoms with van der Waals surface area (Å²) in [7, 11) is 0. The SMILES string of the molecule is Fc1ccc2ncn(-c3ncc4ncn(Cc5c(F)cccc5F)c4n3)c2c1.Nc1cc(F)ccc1[N+](=O)[O-].Nc1ccc(F)cc1Nc1ncc(N)c(NCc2c(F)cccc2F)n1.Nc1cnc(-n2cnc3ccc(F)cc32)nc1NCc1c(F)cccc1F.O=[N+]([O-])c1ccc(F)cc1Nc1ncc([N+](=O)[O-])c(NCc2c(F)cccc2F)n1.O=[N+]([O-])c1cnc(Cl)nc1NCc1c(F)cccc1F.[H-].[Na+]. The predicted octanol–water partition coefficient (Wildman–Crippen LogP) is 15.9. The summed E-state index contributed by atoms with van der Waals surface area (Å²) in [5.41, 5.74) is 23.3. The van der Waals surface area contributed by atoms with Gasteiger partial charge in [0.25, 0.3) is 11.4 Å². The van der Waals surface area contributed by atoms with Crippen molar-refractivity contribution in [2.45, 2.75) is 32.7 Å². The summed E-state index contributed by atoms with van der Waals surface area (Å²) in [6.07, 6.45) is 10.3. The molecule has 14 N–H and O–H groups in total. The Labute approximate surface area is 819 Å². The third-order valence-corrected chi connectivity index (χ3v) is 19.7. The molecule has 0 aliphatic rings. The van der Waals surface area contributed by atoms with Gasteiger partial charge < -0.3 is 60.8 Å². The molecule has 143 heavy (non-hydrogen) atoms. The van der Waals surface area contributed by atoms with E-state index in [0.29, 0.717) is 38.9 Å². The topological polar surface area (TPSA) is 531 Å². The fourth-order valence-electron chi connectivity index (χ4n) is 12.6. The first-order chi connectivity index (χ1) is 67.9. The van der Waals surface area contributed by atoms with Crippen LogP contribution in [0.5, 0.6) is 0 Å². The minimum atomic E-state index is -0.868. The van der Waals surface area contributed by atoms with Crippen LogP contribution in [0.2, 0.25) is 5.28 Å². The van der Waals surface area contributed by atoms with Gasteiger partial charge in [0.05, 0.1) is 96.0 Å². The Kier molecular flexibility index (Phi) is 34.0. The number of rotatable bonds is 24. The summed E-state index contributed by atoms with van der Waals surface area (Å²) in [5.74, 6) is -10.0. The number of imidazole rings is 3. The van der Waals surface area contributed by atoms with Crippen molar-refractivity contribution in [3.63, 3.8) is 0 Å². The van der Waals surface area contributed by atoms with Gasteiger partial charge in [0.2, 0.25) is 40.7 Å². The van der Waals surface area contributed by atoms with Gasteiger partial charge in [-0.2, -0.15) is 24.9 Å². The molecule has 0 spiro atoms. The van der Waals surface area contributed by atoms with Crippen LogP contribution in [0, 0.1) is 128 Å². The van der Waals surface area contributed by atoms with Gasteiger partial charge in [0, 0.05) is 90.4 Å². The molecule has 55 heteroatoms. The zero-order valence-electron chi connectivity index (χ0n) is 73.5. The van der Waals surface area contributed by atoms with E-state index in [1.165, 1.54) is 138 Å². The average Bonchev–Trinajstić information content (AvgIpc) is 1.65. The van der Waals surface area contributed by atoms with E-state index in [9.17, 15) is 106 Å². The number of aromatic nitrogens is 16. The minimum Gasteiger partial charge on any atom is -1.00 e. The number of nitrogens with zero attached hydrogens (tertiary/aromatic N) is 20. The first-order valence-corrected chi connectivity index (χ1v) is 40.5. The van der Waals surface area contributed by atoms with E-state index in [-0.39, 0.29) is 166 Å². The Morgan fingerprint density at radius 3 is 1.13 bits per heavy atom. The zero-order chi connectivity index (χ0) is 102. The van der Waals surface area contributed by atoms with E-state index in [0.717, 1.165) is 91.3 Å². The van der Waals surface area contributed by atoms with Crippen LogP contribution in [-0.2, 0) is 32.7 Å². The smallest absolute Gasteiger partial charge is 1.00 e. The third-order valence-electron chi connectivity index (χ3n) is 19.5. The molecule has 0 unspecified atom stereocenters. The van der Waals surface area contributed by atoms with Gasteiger partial charge >= 0.3 is 40.9 Å². The Bertz CT molecular complexity index is 7720. The summed E-state index contributed by atoms with van der Waals surface area (Å²) >= 11 is 5.53. The Balaban J connectivity index is 0.000000167. The molecule has 10 aromatic carbocycles. The molecule has 18 rings (SSSR count). The van der Waals surface area contributed by atoms with Crippen LogP contribution < -0.4 is 84.4 Å². The Hall–Kier alpha value is -18.1. The van der Waals surface area contributed by atoms with Crippen molar-refractivity contribution in [3.05, 3.63) is 393 Å². The molecule has 0 fully saturated rings. The molecule has 0 radical (unpaired) electrons. The Morgan fingerprint density at radius 1 is 0.322 bits per heavy atom. The van der Waals surface area contributed by atoms with Gasteiger partial charge in [-0.15, -0.1) is 0 Å². The molecular weight excluding hydrogens is 1950 g/mol. The number of benzene rings is 10. The maximum Gasteiger partial charge on any atom is 1.00 e. The summed E-state index contributed by atoms with van der Waals surface area (Å²) in [6, 6.07) is 35.3. The van der Waals surface area contributed by atoms with Gasteiger partial charge in [0.1, 0.15) is 129 Å². The van der Waals surface area contributed by atoms with E-state index < -0.39 is 136 Å². The first-order valence-electron chi connectivity index (χ1n) is 40.1. The van der Waals surface area contributed by atoms with Crippen molar-refractivity contribution >= 4 is 137 Å². The van der Waals surface area contributed by atoms with Crippen LogP contribution >= 0.6 is 11.6 Å². The first kappa shape index (κ1) is 104. The number of anilines is 12. The molecule has 0 saturated heterocycles. The number of nitro groups is 4. The van der Waals surface area contributed by atoms with Crippen molar-refractivity contribution in [3.8, 4) is 11.9 Å². The molecule has 0 bridgehead atoms. The van der Waals surface area contributed by atoms with Crippen molar-refractivity contribution in [1.29, 1.82) is 0 Å². The Morgan fingerprint density at radius 2 is 0.671 bits per heavy atom. The average molecular weight is 2010 g/mol. The molecule has 18 aromatic rings. The van der Waals surface area contributed by atoms with Gasteiger partial charge in [-0.3, -0.25) is 49.6 Å². The minimum absolute atomic E-state index is 0. The molecule has 0 aliphatic heterocycles. The monoisotopic (exact) mass is 2010 g/mol. The number of nitrogens with one attached hydrogen (secondary N) is 6. The van der Waals surface area contributed by atoms with Crippen molar-refractivity contribution in [2.75, 3.05) is 54.8 Å². The van der Waals surface area contributed by atoms with Crippen molar-refractivity contribution < 1.29 is 117 Å². The van der Waals surface area contributed by atoms with Crippen molar-refractivity contribution in [2.24, 2.45) is 0 Å². The number of nitrogens with two attached hydrogens (primary N) is 4. The van der Waals surface area contributed by atoms with Crippen LogP contribution in [-0.4, -0.2) is 98.2 Å². The number of halogens is 16. The molecule has 8 heterocycles. The van der Waals surface area contributed by atoms with E-state index in [1.807, 2.05) is 0 Å². The van der Waals surface area contributed by atoms with Crippen LogP contribution in [0.3, 0.4) is 0 Å².